The van der Waals surface area contributed by atoms with E-state index < -0.39 is 16.9 Å². The van der Waals surface area contributed by atoms with Crippen LogP contribution in [0.15, 0.2) is 14.4 Å². The van der Waals surface area contributed by atoms with Crippen molar-refractivity contribution in [1.29, 1.82) is 0 Å². The number of fused-ring (bicyclic) bond motifs is 1. The number of hydrogen-bond acceptors (Lipinski definition) is 3. The molecule has 0 fully saturated rings. The number of H-pyrrole nitrogens is 4. The molecule has 0 amide bonds. The topological polar surface area (TPSA) is 114 Å². The molecule has 0 aliphatic carbocycles. The Balaban J connectivity index is -0.000000422. The van der Waals surface area contributed by atoms with E-state index in [1.807, 2.05) is 4.98 Å². The quantitative estimate of drug-likeness (QED) is 0.338. The Morgan fingerprint density at radius 1 is 0.857 bits per heavy atom. The first kappa shape index (κ1) is 14.6. The van der Waals surface area contributed by atoms with E-state index >= 15 is 0 Å². The molecule has 9 heteroatoms. The molecule has 0 unspecified atom stereocenters. The number of rotatable bonds is 0. The van der Waals surface area contributed by atoms with E-state index in [1.54, 1.807) is 0 Å². The molecular formula is C5H6KN4NaO3. The van der Waals surface area contributed by atoms with Crippen LogP contribution in [0.2, 0.25) is 0 Å². The van der Waals surface area contributed by atoms with Gasteiger partial charge in [-0.05, 0) is 0 Å². The monoisotopic (exact) mass is 232 g/mol. The van der Waals surface area contributed by atoms with Crippen molar-refractivity contribution in [3.63, 3.8) is 0 Å². The fourth-order valence-corrected chi connectivity index (χ4v) is 0.958. The van der Waals surface area contributed by atoms with Crippen LogP contribution in [0.4, 0.5) is 0 Å². The van der Waals surface area contributed by atoms with Crippen LogP contribution in [-0.2, 0) is 0 Å². The summed E-state index contributed by atoms with van der Waals surface area (Å²) in [6.45, 7) is 0. The van der Waals surface area contributed by atoms with E-state index in [0.717, 1.165) is 0 Å². The van der Waals surface area contributed by atoms with Gasteiger partial charge in [0.15, 0.2) is 0 Å². The van der Waals surface area contributed by atoms with Gasteiger partial charge in [-0.1, -0.05) is 0 Å². The van der Waals surface area contributed by atoms with Crippen LogP contribution in [0.1, 0.15) is 2.85 Å². The minimum absolute atomic E-state index is 0. The second kappa shape index (κ2) is 5.61. The second-order valence-electron chi connectivity index (χ2n) is 2.24. The Bertz CT molecular complexity index is 602. The third-order valence-electron chi connectivity index (χ3n) is 1.42. The molecule has 4 N–H and O–H groups in total. The van der Waals surface area contributed by atoms with E-state index in [0.29, 0.717) is 0 Å². The van der Waals surface area contributed by atoms with Gasteiger partial charge < -0.3 is 2.85 Å². The molecule has 66 valence electrons. The van der Waals surface area contributed by atoms with Gasteiger partial charge in [0.05, 0.1) is 0 Å². The van der Waals surface area contributed by atoms with E-state index in [1.165, 1.54) is 0 Å². The Morgan fingerprint density at radius 3 is 1.93 bits per heavy atom. The molecule has 2 rings (SSSR count). The predicted molar refractivity (Wildman–Crippen MR) is 42.4 cm³/mol. The van der Waals surface area contributed by atoms with Gasteiger partial charge in [0.1, 0.15) is 11.2 Å². The Hall–Kier alpha value is 0.586. The molecular weight excluding hydrogens is 226 g/mol. The SMILES string of the molecule is O=c1[nH]c(=O)c2[nH]c(=O)[nH]c2[nH]1.[H-].[H-].[K+].[Na+]. The smallest absolute Gasteiger partial charge is 1.00 e. The normalized spacial score (nSPS) is 9.14. The zero-order valence-electron chi connectivity index (χ0n) is 9.72. The number of nitrogens with one attached hydrogen (secondary N) is 4. The van der Waals surface area contributed by atoms with E-state index in [-0.39, 0.29) is 95.0 Å². The van der Waals surface area contributed by atoms with Gasteiger partial charge >= 0.3 is 92.3 Å². The van der Waals surface area contributed by atoms with Gasteiger partial charge in [-0.15, -0.1) is 0 Å². The minimum atomic E-state index is -0.650. The fraction of sp³-hybridized carbons (Fsp3) is 0. The third-order valence-corrected chi connectivity index (χ3v) is 1.42. The molecule has 0 saturated carbocycles. The van der Waals surface area contributed by atoms with Crippen molar-refractivity contribution in [1.82, 2.24) is 19.9 Å². The summed E-state index contributed by atoms with van der Waals surface area (Å²) in [4.78, 5) is 41.0. The first-order chi connectivity index (χ1) is 5.66. The molecule has 7 nitrogen and oxygen atoms in total. The van der Waals surface area contributed by atoms with Crippen molar-refractivity contribution in [3.05, 3.63) is 31.3 Å². The van der Waals surface area contributed by atoms with Crippen molar-refractivity contribution >= 4 is 11.2 Å². The van der Waals surface area contributed by atoms with E-state index in [9.17, 15) is 14.4 Å². The maximum Gasteiger partial charge on any atom is 1.00 e. The van der Waals surface area contributed by atoms with Crippen molar-refractivity contribution in [3.8, 4) is 0 Å². The molecule has 2 aromatic rings. The summed E-state index contributed by atoms with van der Waals surface area (Å²) in [6, 6.07) is 0. The average Bonchev–Trinajstić information content (AvgIpc) is 2.29. The molecule has 0 spiro atoms. The van der Waals surface area contributed by atoms with Crippen LogP contribution in [0.3, 0.4) is 0 Å². The number of aromatic nitrogens is 4. The summed E-state index contributed by atoms with van der Waals surface area (Å²) in [6.07, 6.45) is 0. The zero-order chi connectivity index (χ0) is 8.72. The maximum atomic E-state index is 10.9. The van der Waals surface area contributed by atoms with Crippen LogP contribution in [0.5, 0.6) is 0 Å². The molecule has 0 aliphatic rings. The van der Waals surface area contributed by atoms with Crippen LogP contribution in [0.25, 0.3) is 11.2 Å². The summed E-state index contributed by atoms with van der Waals surface area (Å²) in [5, 5.41) is 0. The van der Waals surface area contributed by atoms with E-state index in [4.69, 9.17) is 0 Å². The van der Waals surface area contributed by atoms with Crippen LogP contribution in [-0.4, -0.2) is 19.9 Å². The fourth-order valence-electron chi connectivity index (χ4n) is 0.958. The summed E-state index contributed by atoms with van der Waals surface area (Å²) in [5.74, 6) is 0. The summed E-state index contributed by atoms with van der Waals surface area (Å²) >= 11 is 0. The van der Waals surface area contributed by atoms with Crippen molar-refractivity contribution in [2.75, 3.05) is 0 Å². The van der Waals surface area contributed by atoms with Crippen molar-refractivity contribution in [2.45, 2.75) is 0 Å². The van der Waals surface area contributed by atoms with E-state index in [2.05, 4.69) is 15.0 Å². The van der Waals surface area contributed by atoms with Gasteiger partial charge in [0.25, 0.3) is 5.56 Å². The molecule has 0 bridgehead atoms. The average molecular weight is 232 g/mol. The third kappa shape index (κ3) is 2.80. The first-order valence-corrected chi connectivity index (χ1v) is 3.11. The van der Waals surface area contributed by atoms with Gasteiger partial charge in [0, 0.05) is 0 Å². The molecule has 2 aromatic heterocycles. The van der Waals surface area contributed by atoms with Crippen LogP contribution in [0, 0.1) is 0 Å². The summed E-state index contributed by atoms with van der Waals surface area (Å²) in [7, 11) is 0. The molecule has 0 saturated heterocycles. The van der Waals surface area contributed by atoms with Gasteiger partial charge in [-0.3, -0.25) is 24.7 Å². The number of aromatic amines is 4. The van der Waals surface area contributed by atoms with Gasteiger partial charge in [-0.25, -0.2) is 9.59 Å². The zero-order valence-corrected chi connectivity index (χ0v) is 12.8. The maximum absolute atomic E-state index is 10.9. The summed E-state index contributed by atoms with van der Waals surface area (Å²) in [5.41, 5.74) is -1.65. The van der Waals surface area contributed by atoms with Crippen LogP contribution < -0.4 is 97.9 Å². The molecule has 0 aromatic carbocycles. The Labute approximate surface area is 144 Å². The van der Waals surface area contributed by atoms with Crippen LogP contribution >= 0.6 is 0 Å². The number of imidazole rings is 1. The first-order valence-electron chi connectivity index (χ1n) is 3.11. The van der Waals surface area contributed by atoms with Crippen molar-refractivity contribution < 1.29 is 83.8 Å². The Morgan fingerprint density at radius 2 is 1.36 bits per heavy atom. The second-order valence-corrected chi connectivity index (χ2v) is 2.24. The summed E-state index contributed by atoms with van der Waals surface area (Å²) < 4.78 is 0. The molecule has 0 atom stereocenters. The minimum Gasteiger partial charge on any atom is -1.00 e. The van der Waals surface area contributed by atoms with Gasteiger partial charge in [0.2, 0.25) is 0 Å². The van der Waals surface area contributed by atoms with Gasteiger partial charge in [-0.2, -0.15) is 0 Å². The molecule has 0 aliphatic heterocycles. The molecule has 14 heavy (non-hydrogen) atoms. The standard InChI is InChI=1S/C5H4N4O3.K.Na.2H/c10-3-1-2(7-4(11)6-1)8-5(12)9-3;;;;/h(H4,6,7,8,9,10,11,12);;;;/q;2*+1;2*-1. The Kier molecular flexibility index (Phi) is 5.85. The largest absolute Gasteiger partial charge is 1.00 e. The molecule has 0 radical (unpaired) electrons. The van der Waals surface area contributed by atoms with Crippen molar-refractivity contribution in [2.24, 2.45) is 0 Å². The number of hydrogen-bond donors (Lipinski definition) is 4. The molecule has 2 heterocycles. The predicted octanol–water partition coefficient (Wildman–Crippen LogP) is -7.53.